The first-order valence-corrected chi connectivity index (χ1v) is 5.40. The van der Waals surface area contributed by atoms with E-state index >= 15 is 0 Å². The van der Waals surface area contributed by atoms with Crippen LogP contribution in [0.15, 0.2) is 6.07 Å². The third kappa shape index (κ3) is 4.10. The molecule has 0 unspecified atom stereocenters. The van der Waals surface area contributed by atoms with E-state index in [0.29, 0.717) is 23.9 Å². The average Bonchev–Trinajstić information content (AvgIpc) is 2.28. The maximum Gasteiger partial charge on any atom is 0.255 e. The number of anilines is 2. The van der Waals surface area contributed by atoms with Crippen molar-refractivity contribution in [1.82, 2.24) is 9.97 Å². The van der Waals surface area contributed by atoms with Gasteiger partial charge in [0.2, 0.25) is 0 Å². The minimum Gasteiger partial charge on any atom is -0.354 e. The van der Waals surface area contributed by atoms with Crippen LogP contribution in [-0.4, -0.2) is 30.0 Å². The summed E-state index contributed by atoms with van der Waals surface area (Å²) in [6, 6.07) is 1.54. The van der Waals surface area contributed by atoms with E-state index in [4.69, 9.17) is 5.84 Å². The highest BCUT2D eigenvalue weighted by Crippen LogP contribution is 2.15. The molecule has 0 aliphatic rings. The van der Waals surface area contributed by atoms with Crippen LogP contribution in [0.1, 0.15) is 19.2 Å². The molecule has 3 N–H and O–H groups in total. The zero-order valence-corrected chi connectivity index (χ0v) is 9.95. The number of rotatable bonds is 6. The number of alkyl halides is 2. The van der Waals surface area contributed by atoms with E-state index < -0.39 is 6.43 Å². The fraction of sp³-hybridized carbons (Fsp3) is 0.600. The maximum atomic E-state index is 12.3. The number of nitrogens with two attached hydrogens (primary N) is 1. The quantitative estimate of drug-likeness (QED) is 0.586. The van der Waals surface area contributed by atoms with Gasteiger partial charge in [-0.25, -0.2) is 24.6 Å². The highest BCUT2D eigenvalue weighted by Gasteiger charge is 2.12. The lowest BCUT2D eigenvalue weighted by molar-refractivity contribution is 0.156. The number of nitrogens with one attached hydrogen (secondary N) is 1. The van der Waals surface area contributed by atoms with Crippen LogP contribution in [-0.2, 0) is 6.42 Å². The van der Waals surface area contributed by atoms with Gasteiger partial charge in [0.25, 0.3) is 6.43 Å². The second-order valence-electron chi connectivity index (χ2n) is 3.69. The second kappa shape index (κ2) is 6.29. The molecule has 5 nitrogen and oxygen atoms in total. The van der Waals surface area contributed by atoms with Crippen LogP contribution in [0.4, 0.5) is 20.4 Å². The highest BCUT2D eigenvalue weighted by atomic mass is 19.3. The summed E-state index contributed by atoms with van der Waals surface area (Å²) >= 11 is 0. The first-order valence-electron chi connectivity index (χ1n) is 5.40. The molecule has 7 heteroatoms. The second-order valence-corrected chi connectivity index (χ2v) is 3.69. The number of hydrogen-bond acceptors (Lipinski definition) is 5. The summed E-state index contributed by atoms with van der Waals surface area (Å²) in [5, 5.41) is 0. The molecule has 1 aromatic heterocycles. The molecule has 1 heterocycles. The van der Waals surface area contributed by atoms with Crippen LogP contribution in [0.2, 0.25) is 0 Å². The Kier molecular flexibility index (Phi) is 5.02. The predicted octanol–water partition coefficient (Wildman–Crippen LogP) is 1.42. The lowest BCUT2D eigenvalue weighted by Crippen LogP contribution is -2.26. The zero-order valence-electron chi connectivity index (χ0n) is 9.95. The zero-order chi connectivity index (χ0) is 12.8. The van der Waals surface area contributed by atoms with Gasteiger partial charge in [0.05, 0.1) is 6.54 Å². The fourth-order valence-electron chi connectivity index (χ4n) is 1.39. The van der Waals surface area contributed by atoms with Gasteiger partial charge in [-0.05, 0) is 6.42 Å². The summed E-state index contributed by atoms with van der Waals surface area (Å²) in [6.07, 6.45) is -0.837. The number of aromatic nitrogens is 2. The van der Waals surface area contributed by atoms with Crippen molar-refractivity contribution in [2.24, 2.45) is 5.84 Å². The third-order valence-electron chi connectivity index (χ3n) is 2.18. The van der Waals surface area contributed by atoms with E-state index in [1.807, 2.05) is 6.92 Å². The van der Waals surface area contributed by atoms with Gasteiger partial charge < -0.3 is 10.3 Å². The van der Waals surface area contributed by atoms with Gasteiger partial charge in [-0.2, -0.15) is 0 Å². The van der Waals surface area contributed by atoms with Gasteiger partial charge in [-0.3, -0.25) is 0 Å². The SMILES string of the molecule is CCCc1nc(NN)cc(N(C)CC(F)F)n1. The number of hydrazine groups is 1. The van der Waals surface area contributed by atoms with Crippen molar-refractivity contribution >= 4 is 11.6 Å². The van der Waals surface area contributed by atoms with Crippen molar-refractivity contribution < 1.29 is 8.78 Å². The summed E-state index contributed by atoms with van der Waals surface area (Å²) in [7, 11) is 1.56. The highest BCUT2D eigenvalue weighted by molar-refractivity contribution is 5.48. The van der Waals surface area contributed by atoms with Crippen LogP contribution in [0.5, 0.6) is 0 Å². The van der Waals surface area contributed by atoms with Crippen LogP contribution < -0.4 is 16.2 Å². The molecule has 0 aliphatic heterocycles. The lowest BCUT2D eigenvalue weighted by Gasteiger charge is -2.18. The standard InChI is InChI=1S/C10H17F2N5/c1-3-4-8-14-9(16-13)5-10(15-8)17(2)6-7(11)12/h5,7H,3-4,6,13H2,1-2H3,(H,14,15,16). The molecule has 0 aromatic carbocycles. The number of aryl methyl sites for hydroxylation is 1. The number of hydrogen-bond donors (Lipinski definition) is 2. The predicted molar refractivity (Wildman–Crippen MR) is 63.1 cm³/mol. The lowest BCUT2D eigenvalue weighted by atomic mass is 10.3. The molecule has 0 fully saturated rings. The van der Waals surface area contributed by atoms with E-state index in [0.717, 1.165) is 6.42 Å². The minimum atomic E-state index is -2.40. The van der Waals surface area contributed by atoms with Gasteiger partial charge in [-0.1, -0.05) is 6.92 Å². The first kappa shape index (κ1) is 13.6. The van der Waals surface area contributed by atoms with Crippen molar-refractivity contribution in [3.05, 3.63) is 11.9 Å². The molecule has 1 aromatic rings. The van der Waals surface area contributed by atoms with E-state index in [1.54, 1.807) is 13.1 Å². The van der Waals surface area contributed by atoms with Crippen LogP contribution in [0.3, 0.4) is 0 Å². The van der Waals surface area contributed by atoms with Gasteiger partial charge in [-0.15, -0.1) is 0 Å². The van der Waals surface area contributed by atoms with Crippen molar-refractivity contribution in [2.75, 3.05) is 23.9 Å². The molecule has 0 amide bonds. The van der Waals surface area contributed by atoms with Crippen molar-refractivity contribution in [2.45, 2.75) is 26.2 Å². The normalized spacial score (nSPS) is 10.7. The summed E-state index contributed by atoms with van der Waals surface area (Å²) in [6.45, 7) is 1.63. The minimum absolute atomic E-state index is 0.368. The number of nitrogens with zero attached hydrogens (tertiary/aromatic N) is 3. The Labute approximate surface area is 99.0 Å². The van der Waals surface area contributed by atoms with Crippen molar-refractivity contribution in [1.29, 1.82) is 0 Å². The number of nitrogen functional groups attached to an aromatic ring is 1. The molecule has 0 atom stereocenters. The molecular formula is C10H17F2N5. The Balaban J connectivity index is 2.93. The Morgan fingerprint density at radius 3 is 2.71 bits per heavy atom. The van der Waals surface area contributed by atoms with Gasteiger partial charge >= 0.3 is 0 Å². The van der Waals surface area contributed by atoms with E-state index in [9.17, 15) is 8.78 Å². The van der Waals surface area contributed by atoms with Crippen LogP contribution >= 0.6 is 0 Å². The monoisotopic (exact) mass is 245 g/mol. The summed E-state index contributed by atoms with van der Waals surface area (Å²) < 4.78 is 24.6. The maximum absolute atomic E-state index is 12.3. The molecule has 0 bridgehead atoms. The molecule has 0 radical (unpaired) electrons. The van der Waals surface area contributed by atoms with Gasteiger partial charge in [0.1, 0.15) is 17.5 Å². The van der Waals surface area contributed by atoms with Crippen molar-refractivity contribution in [3.8, 4) is 0 Å². The van der Waals surface area contributed by atoms with E-state index in [2.05, 4.69) is 15.4 Å². The molecule has 0 saturated heterocycles. The van der Waals surface area contributed by atoms with Gasteiger partial charge in [0.15, 0.2) is 0 Å². The largest absolute Gasteiger partial charge is 0.354 e. The Hall–Kier alpha value is -1.50. The molecule has 96 valence electrons. The molecule has 0 saturated carbocycles. The van der Waals surface area contributed by atoms with Gasteiger partial charge in [0, 0.05) is 19.5 Å². The van der Waals surface area contributed by atoms with Crippen LogP contribution in [0, 0.1) is 0 Å². The Morgan fingerprint density at radius 1 is 1.47 bits per heavy atom. The molecule has 0 spiro atoms. The van der Waals surface area contributed by atoms with Crippen molar-refractivity contribution in [3.63, 3.8) is 0 Å². The molecular weight excluding hydrogens is 228 g/mol. The summed E-state index contributed by atoms with van der Waals surface area (Å²) in [5.41, 5.74) is 2.41. The van der Waals surface area contributed by atoms with Crippen LogP contribution in [0.25, 0.3) is 0 Å². The fourth-order valence-corrected chi connectivity index (χ4v) is 1.39. The molecule has 17 heavy (non-hydrogen) atoms. The Morgan fingerprint density at radius 2 is 2.18 bits per heavy atom. The number of halogens is 2. The smallest absolute Gasteiger partial charge is 0.255 e. The summed E-state index contributed by atoms with van der Waals surface area (Å²) in [5.74, 6) is 6.75. The van der Waals surface area contributed by atoms with E-state index in [-0.39, 0.29) is 6.54 Å². The summed E-state index contributed by atoms with van der Waals surface area (Å²) in [4.78, 5) is 9.73. The third-order valence-corrected chi connectivity index (χ3v) is 2.18. The Bertz CT molecular complexity index is 359. The topological polar surface area (TPSA) is 67.1 Å². The molecule has 1 rings (SSSR count). The average molecular weight is 245 g/mol. The first-order chi connectivity index (χ1) is 8.06. The molecule has 0 aliphatic carbocycles. The van der Waals surface area contributed by atoms with E-state index in [1.165, 1.54) is 4.90 Å².